The van der Waals surface area contributed by atoms with Crippen LogP contribution in [0.4, 0.5) is 5.69 Å². The molecule has 3 aromatic carbocycles. The molecule has 0 bridgehead atoms. The van der Waals surface area contributed by atoms with Crippen molar-refractivity contribution in [3.05, 3.63) is 89.1 Å². The minimum Gasteiger partial charge on any atom is -0.344 e. The molecule has 0 spiro atoms. The zero-order chi connectivity index (χ0) is 27.5. The Morgan fingerprint density at radius 1 is 1.07 bits per heavy atom. The van der Waals surface area contributed by atoms with Crippen molar-refractivity contribution in [1.82, 2.24) is 15.1 Å². The number of nitrogens with zero attached hydrogens (tertiary/aromatic N) is 5. The fourth-order valence-electron chi connectivity index (χ4n) is 4.98. The van der Waals surface area contributed by atoms with E-state index in [0.717, 1.165) is 16.5 Å². The molecule has 1 aliphatic rings. The molecule has 9 heteroatoms. The predicted octanol–water partition coefficient (Wildman–Crippen LogP) is 5.20. The molecule has 202 valence electrons. The van der Waals surface area contributed by atoms with Crippen LogP contribution in [-0.2, 0) is 22.6 Å². The first-order valence-corrected chi connectivity index (χ1v) is 13.1. The topological polar surface area (TPSA) is 115 Å². The van der Waals surface area contributed by atoms with Gasteiger partial charge < -0.3 is 10.2 Å². The summed E-state index contributed by atoms with van der Waals surface area (Å²) >= 11 is 0. The Morgan fingerprint density at radius 2 is 1.82 bits per heavy atom. The number of carbonyl (C=O) groups is 2. The van der Waals surface area contributed by atoms with Crippen LogP contribution in [0.5, 0.6) is 0 Å². The number of amides is 2. The summed E-state index contributed by atoms with van der Waals surface area (Å²) in [6.07, 6.45) is 1.66. The Morgan fingerprint density at radius 3 is 2.58 bits per heavy atom. The highest BCUT2D eigenvalue weighted by molar-refractivity contribution is 6.01. The van der Waals surface area contributed by atoms with Gasteiger partial charge in [0.15, 0.2) is 0 Å². The second-order valence-corrected chi connectivity index (χ2v) is 9.79. The van der Waals surface area contributed by atoms with E-state index < -0.39 is 6.04 Å². The van der Waals surface area contributed by atoms with E-state index in [-0.39, 0.29) is 36.7 Å². The summed E-state index contributed by atoms with van der Waals surface area (Å²) in [4.78, 5) is 28.4. The van der Waals surface area contributed by atoms with Crippen LogP contribution in [0.3, 0.4) is 0 Å². The molecule has 0 saturated carbocycles. The molecule has 1 aromatic heterocycles. The third-order valence-electron chi connectivity index (χ3n) is 7.37. The molecule has 0 unspecified atom stereocenters. The highest BCUT2D eigenvalue weighted by Crippen LogP contribution is 2.32. The van der Waals surface area contributed by atoms with Gasteiger partial charge in [0.25, 0.3) is 0 Å². The van der Waals surface area contributed by atoms with Crippen LogP contribution in [0.25, 0.3) is 16.6 Å². The van der Waals surface area contributed by atoms with Crippen LogP contribution < -0.4 is 10.2 Å². The number of hydrogen-bond acceptors (Lipinski definition) is 5. The molecule has 0 radical (unpaired) electrons. The highest BCUT2D eigenvalue weighted by atomic mass is 35.5. The monoisotopic (exact) mass is 552 g/mol. The summed E-state index contributed by atoms with van der Waals surface area (Å²) in [5.41, 5.74) is 4.73. The molecule has 0 fully saturated rings. The molecule has 2 heterocycles. The van der Waals surface area contributed by atoms with Crippen LogP contribution >= 0.6 is 12.4 Å². The standard InChI is InChI=1S/C31H28N6O2.ClH/c1-3-20(2)30(38)34-25-14-13-22-16-21(17-32)12-15-27(22)36(31(25)39)19-26-24-9-5-7-11-29(24)37(35-26)28-10-6-4-8-23(28)18-33;/h4-12,15-16,20,25H,3,13-14,19H2,1-2H3,(H,34,38);1H/t20-,25+;/m1./s1. The highest BCUT2D eigenvalue weighted by Gasteiger charge is 2.33. The van der Waals surface area contributed by atoms with E-state index in [4.69, 9.17) is 5.10 Å². The van der Waals surface area contributed by atoms with Crippen molar-refractivity contribution >= 4 is 40.8 Å². The van der Waals surface area contributed by atoms with E-state index in [1.807, 2.05) is 62.4 Å². The summed E-state index contributed by atoms with van der Waals surface area (Å²) in [6, 6.07) is 24.0. The van der Waals surface area contributed by atoms with Gasteiger partial charge in [0.2, 0.25) is 11.8 Å². The SMILES string of the molecule is CC[C@@H](C)C(=O)N[C@H]1CCc2cc(C#N)ccc2N(Cc2nn(-c3ccccc3C#N)c3ccccc23)C1=O.Cl. The lowest BCUT2D eigenvalue weighted by Crippen LogP contribution is -2.49. The normalized spacial score (nSPS) is 15.2. The van der Waals surface area contributed by atoms with Crippen LogP contribution in [0.1, 0.15) is 49.1 Å². The zero-order valence-electron chi connectivity index (χ0n) is 22.3. The van der Waals surface area contributed by atoms with Gasteiger partial charge in [-0.3, -0.25) is 9.59 Å². The van der Waals surface area contributed by atoms with Crippen LogP contribution in [0.2, 0.25) is 0 Å². The van der Waals surface area contributed by atoms with Crippen molar-refractivity contribution in [3.63, 3.8) is 0 Å². The maximum atomic E-state index is 14.0. The number of carbonyl (C=O) groups excluding carboxylic acids is 2. The number of hydrogen-bond donors (Lipinski definition) is 1. The molecule has 0 saturated heterocycles. The second-order valence-electron chi connectivity index (χ2n) is 9.79. The Bertz CT molecular complexity index is 1660. The molecular weight excluding hydrogens is 524 g/mol. The van der Waals surface area contributed by atoms with Gasteiger partial charge in [-0.1, -0.05) is 44.2 Å². The molecule has 1 aliphatic heterocycles. The number of anilines is 1. The average molecular weight is 553 g/mol. The molecule has 5 rings (SSSR count). The summed E-state index contributed by atoms with van der Waals surface area (Å²) in [5, 5.41) is 27.9. The second kappa shape index (κ2) is 12.0. The van der Waals surface area contributed by atoms with Gasteiger partial charge >= 0.3 is 0 Å². The zero-order valence-corrected chi connectivity index (χ0v) is 23.1. The molecule has 1 N–H and O–H groups in total. The lowest BCUT2D eigenvalue weighted by Gasteiger charge is -2.26. The smallest absolute Gasteiger partial charge is 0.249 e. The number of nitriles is 2. The van der Waals surface area contributed by atoms with Crippen molar-refractivity contribution in [3.8, 4) is 17.8 Å². The molecule has 4 aromatic rings. The van der Waals surface area contributed by atoms with Gasteiger partial charge in [0.05, 0.1) is 40.6 Å². The molecule has 40 heavy (non-hydrogen) atoms. The summed E-state index contributed by atoms with van der Waals surface area (Å²) < 4.78 is 1.74. The largest absolute Gasteiger partial charge is 0.344 e. The van der Waals surface area contributed by atoms with E-state index in [1.165, 1.54) is 0 Å². The third-order valence-corrected chi connectivity index (χ3v) is 7.37. The van der Waals surface area contributed by atoms with E-state index >= 15 is 0 Å². The third kappa shape index (κ3) is 5.27. The van der Waals surface area contributed by atoms with Gasteiger partial charge in [0, 0.05) is 17.0 Å². The maximum absolute atomic E-state index is 14.0. The van der Waals surface area contributed by atoms with E-state index in [0.29, 0.717) is 47.5 Å². The van der Waals surface area contributed by atoms with Crippen molar-refractivity contribution in [2.45, 2.75) is 45.7 Å². The van der Waals surface area contributed by atoms with Gasteiger partial charge in [-0.15, -0.1) is 12.4 Å². The van der Waals surface area contributed by atoms with E-state index in [1.54, 1.807) is 27.8 Å². The van der Waals surface area contributed by atoms with Crippen molar-refractivity contribution in [2.24, 2.45) is 5.92 Å². The first-order valence-electron chi connectivity index (χ1n) is 13.1. The fraction of sp³-hybridized carbons (Fsp3) is 0.258. The number of rotatable bonds is 6. The molecule has 0 aliphatic carbocycles. The van der Waals surface area contributed by atoms with Crippen molar-refractivity contribution < 1.29 is 9.59 Å². The summed E-state index contributed by atoms with van der Waals surface area (Å²) in [5.74, 6) is -0.574. The molecular formula is C31H29ClN6O2. The Labute approximate surface area is 239 Å². The summed E-state index contributed by atoms with van der Waals surface area (Å²) in [6.45, 7) is 3.95. The van der Waals surface area contributed by atoms with E-state index in [2.05, 4.69) is 17.5 Å². The van der Waals surface area contributed by atoms with Crippen molar-refractivity contribution in [1.29, 1.82) is 10.5 Å². The predicted molar refractivity (Wildman–Crippen MR) is 155 cm³/mol. The lowest BCUT2D eigenvalue weighted by atomic mass is 10.0. The van der Waals surface area contributed by atoms with Crippen LogP contribution in [-0.4, -0.2) is 27.6 Å². The summed E-state index contributed by atoms with van der Waals surface area (Å²) in [7, 11) is 0. The number of para-hydroxylation sites is 2. The van der Waals surface area contributed by atoms with Gasteiger partial charge in [-0.05, 0) is 61.2 Å². The number of halogens is 1. The van der Waals surface area contributed by atoms with E-state index in [9.17, 15) is 20.1 Å². The minimum atomic E-state index is -0.697. The maximum Gasteiger partial charge on any atom is 0.249 e. The molecule has 2 amide bonds. The number of nitrogens with one attached hydrogen (secondary N) is 1. The van der Waals surface area contributed by atoms with Crippen LogP contribution in [0, 0.1) is 28.6 Å². The number of aryl methyl sites for hydroxylation is 1. The Kier molecular flexibility index (Phi) is 8.52. The fourth-order valence-corrected chi connectivity index (χ4v) is 4.98. The Hall–Kier alpha value is -4.66. The van der Waals surface area contributed by atoms with Crippen molar-refractivity contribution in [2.75, 3.05) is 4.90 Å². The lowest BCUT2D eigenvalue weighted by molar-refractivity contribution is -0.129. The van der Waals surface area contributed by atoms with Gasteiger partial charge in [-0.25, -0.2) is 4.68 Å². The Balaban J connectivity index is 0.00000370. The molecule has 2 atom stereocenters. The van der Waals surface area contributed by atoms with Gasteiger partial charge in [-0.2, -0.15) is 15.6 Å². The number of benzene rings is 3. The van der Waals surface area contributed by atoms with Crippen LogP contribution in [0.15, 0.2) is 66.7 Å². The first-order chi connectivity index (χ1) is 18.9. The minimum absolute atomic E-state index is 0. The first kappa shape index (κ1) is 28.4. The average Bonchev–Trinajstić information content (AvgIpc) is 3.29. The number of aromatic nitrogens is 2. The quantitative estimate of drug-likeness (QED) is 0.353. The molecule has 8 nitrogen and oxygen atoms in total. The number of fused-ring (bicyclic) bond motifs is 2. The van der Waals surface area contributed by atoms with Gasteiger partial charge in [0.1, 0.15) is 12.1 Å².